The first-order valence-corrected chi connectivity index (χ1v) is 8.98. The summed E-state index contributed by atoms with van der Waals surface area (Å²) in [6.07, 6.45) is 3.69. The highest BCUT2D eigenvalue weighted by atomic mass is 16.5. The van der Waals surface area contributed by atoms with Gasteiger partial charge in [-0.2, -0.15) is 0 Å². The molecule has 1 aromatic rings. The molecule has 0 atom stereocenters. The molecule has 2 aliphatic heterocycles. The summed E-state index contributed by atoms with van der Waals surface area (Å²) in [6.45, 7) is 5.75. The molecule has 148 valence electrons. The second-order valence-corrected chi connectivity index (χ2v) is 6.17. The molecule has 0 amide bonds. The lowest BCUT2D eigenvalue weighted by Gasteiger charge is -2.29. The number of hydrogen-bond acceptors (Lipinski definition) is 6. The molecule has 8 nitrogen and oxygen atoms in total. The monoisotopic (exact) mass is 378 g/mol. The lowest BCUT2D eigenvalue weighted by molar-refractivity contribution is -0.134. The Morgan fingerprint density at radius 2 is 1.59 bits per heavy atom. The second kappa shape index (κ2) is 11.2. The Morgan fingerprint density at radius 1 is 1.04 bits per heavy atom. The lowest BCUT2D eigenvalue weighted by atomic mass is 10.1. The Labute approximate surface area is 158 Å². The highest BCUT2D eigenvalue weighted by Crippen LogP contribution is 2.22. The van der Waals surface area contributed by atoms with Gasteiger partial charge in [0, 0.05) is 30.9 Å². The number of carboxylic acids is 2. The van der Waals surface area contributed by atoms with E-state index < -0.39 is 11.9 Å². The standard InChI is InChI=1S/C15H22N2O2.C4H4O4/c1-3-14(19-15-5-7-16-8-6-15)4-2-13(1)17-9-11-18-12-10-17;5-3(6)1-2-4(7)8/h1-4,15-16H,5-12H2;1-2H,(H,5,6)(H,7,8). The van der Waals surface area contributed by atoms with Crippen LogP contribution in [0, 0.1) is 0 Å². The maximum absolute atomic E-state index is 9.55. The zero-order chi connectivity index (χ0) is 19.5. The van der Waals surface area contributed by atoms with Gasteiger partial charge in [0.25, 0.3) is 0 Å². The highest BCUT2D eigenvalue weighted by Gasteiger charge is 2.15. The Bertz CT molecular complexity index is 604. The van der Waals surface area contributed by atoms with E-state index in [-0.39, 0.29) is 0 Å². The van der Waals surface area contributed by atoms with E-state index in [1.807, 2.05) is 0 Å². The number of aliphatic carboxylic acids is 2. The van der Waals surface area contributed by atoms with Gasteiger partial charge >= 0.3 is 11.9 Å². The minimum absolute atomic E-state index is 0.371. The van der Waals surface area contributed by atoms with Crippen LogP contribution in [0.3, 0.4) is 0 Å². The molecular weight excluding hydrogens is 352 g/mol. The van der Waals surface area contributed by atoms with Gasteiger partial charge in [0.05, 0.1) is 13.2 Å². The third-order valence-corrected chi connectivity index (χ3v) is 4.17. The van der Waals surface area contributed by atoms with E-state index in [0.29, 0.717) is 18.3 Å². The summed E-state index contributed by atoms with van der Waals surface area (Å²) in [7, 11) is 0. The van der Waals surface area contributed by atoms with Crippen LogP contribution >= 0.6 is 0 Å². The van der Waals surface area contributed by atoms with Gasteiger partial charge < -0.3 is 29.9 Å². The van der Waals surface area contributed by atoms with Crippen molar-refractivity contribution in [3.63, 3.8) is 0 Å². The van der Waals surface area contributed by atoms with Crippen LogP contribution in [0.25, 0.3) is 0 Å². The van der Waals surface area contributed by atoms with Crippen LogP contribution in [0.4, 0.5) is 5.69 Å². The first kappa shape index (κ1) is 20.7. The number of carboxylic acid groups (broad SMARTS) is 2. The minimum atomic E-state index is -1.26. The van der Waals surface area contributed by atoms with Gasteiger partial charge in [0.2, 0.25) is 0 Å². The summed E-state index contributed by atoms with van der Waals surface area (Å²) in [5.74, 6) is -1.52. The first-order valence-electron chi connectivity index (χ1n) is 8.98. The van der Waals surface area contributed by atoms with Crippen molar-refractivity contribution in [2.75, 3.05) is 44.3 Å². The van der Waals surface area contributed by atoms with Crippen LogP contribution in [-0.2, 0) is 14.3 Å². The second-order valence-electron chi connectivity index (χ2n) is 6.17. The quantitative estimate of drug-likeness (QED) is 0.659. The number of anilines is 1. The summed E-state index contributed by atoms with van der Waals surface area (Å²) in [5, 5.41) is 19.0. The fraction of sp³-hybridized carbons (Fsp3) is 0.474. The number of carbonyl (C=O) groups is 2. The van der Waals surface area contributed by atoms with Gasteiger partial charge in [-0.05, 0) is 50.2 Å². The smallest absolute Gasteiger partial charge is 0.328 e. The van der Waals surface area contributed by atoms with Crippen LogP contribution in [0.1, 0.15) is 12.8 Å². The molecule has 0 aliphatic carbocycles. The zero-order valence-corrected chi connectivity index (χ0v) is 15.2. The molecule has 2 fully saturated rings. The molecule has 3 N–H and O–H groups in total. The number of nitrogens with zero attached hydrogens (tertiary/aromatic N) is 1. The molecule has 27 heavy (non-hydrogen) atoms. The topological polar surface area (TPSA) is 108 Å². The predicted molar refractivity (Wildman–Crippen MR) is 100 cm³/mol. The van der Waals surface area contributed by atoms with Gasteiger partial charge in [-0.15, -0.1) is 0 Å². The largest absolute Gasteiger partial charge is 0.490 e. The Morgan fingerprint density at radius 3 is 2.11 bits per heavy atom. The maximum atomic E-state index is 9.55. The number of ether oxygens (including phenoxy) is 2. The van der Waals surface area contributed by atoms with Gasteiger partial charge in [-0.25, -0.2) is 9.59 Å². The van der Waals surface area contributed by atoms with Crippen molar-refractivity contribution >= 4 is 17.6 Å². The molecule has 0 radical (unpaired) electrons. The van der Waals surface area contributed by atoms with Gasteiger partial charge in [-0.1, -0.05) is 0 Å². The lowest BCUT2D eigenvalue weighted by Crippen LogP contribution is -2.36. The average Bonchev–Trinajstić information content (AvgIpc) is 2.69. The summed E-state index contributed by atoms with van der Waals surface area (Å²) in [6, 6.07) is 8.49. The Balaban J connectivity index is 0.000000279. The van der Waals surface area contributed by atoms with Crippen LogP contribution in [0.15, 0.2) is 36.4 Å². The number of nitrogens with one attached hydrogen (secondary N) is 1. The Hall–Kier alpha value is -2.58. The van der Waals surface area contributed by atoms with E-state index in [2.05, 4.69) is 34.5 Å². The maximum Gasteiger partial charge on any atom is 0.328 e. The van der Waals surface area contributed by atoms with Crippen LogP contribution < -0.4 is 15.0 Å². The van der Waals surface area contributed by atoms with E-state index >= 15 is 0 Å². The normalized spacial score (nSPS) is 17.9. The van der Waals surface area contributed by atoms with Gasteiger partial charge in [0.15, 0.2) is 0 Å². The van der Waals surface area contributed by atoms with Crippen molar-refractivity contribution < 1.29 is 29.3 Å². The summed E-state index contributed by atoms with van der Waals surface area (Å²) in [5.41, 5.74) is 1.26. The number of benzene rings is 1. The summed E-state index contributed by atoms with van der Waals surface area (Å²) in [4.78, 5) is 21.5. The van der Waals surface area contributed by atoms with Crippen molar-refractivity contribution in [1.29, 1.82) is 0 Å². The third kappa shape index (κ3) is 8.10. The molecule has 1 aromatic carbocycles. The van der Waals surface area contributed by atoms with Crippen molar-refractivity contribution in [3.8, 4) is 5.75 Å². The van der Waals surface area contributed by atoms with Crippen LogP contribution in [-0.4, -0.2) is 67.6 Å². The molecule has 2 aliphatic rings. The molecule has 0 saturated carbocycles. The zero-order valence-electron chi connectivity index (χ0n) is 15.2. The molecule has 8 heteroatoms. The van der Waals surface area contributed by atoms with Crippen molar-refractivity contribution in [3.05, 3.63) is 36.4 Å². The molecule has 3 rings (SSSR count). The predicted octanol–water partition coefficient (Wildman–Crippen LogP) is 1.37. The summed E-state index contributed by atoms with van der Waals surface area (Å²) >= 11 is 0. The van der Waals surface area contributed by atoms with Crippen LogP contribution in [0.5, 0.6) is 5.75 Å². The van der Waals surface area contributed by atoms with E-state index in [1.54, 1.807) is 0 Å². The highest BCUT2D eigenvalue weighted by molar-refractivity contribution is 5.89. The first-order chi connectivity index (χ1) is 13.0. The SMILES string of the molecule is O=C(O)C=CC(=O)O.c1cc(N2CCOCC2)ccc1OC1CCNCC1. The molecule has 2 saturated heterocycles. The molecule has 2 heterocycles. The van der Waals surface area contributed by atoms with Crippen molar-refractivity contribution in [2.45, 2.75) is 18.9 Å². The minimum Gasteiger partial charge on any atom is -0.490 e. The average molecular weight is 378 g/mol. The van der Waals surface area contributed by atoms with Crippen molar-refractivity contribution in [1.82, 2.24) is 5.32 Å². The van der Waals surface area contributed by atoms with E-state index in [0.717, 1.165) is 58.0 Å². The number of piperidine rings is 1. The van der Waals surface area contributed by atoms with E-state index in [9.17, 15) is 9.59 Å². The molecule has 0 unspecified atom stereocenters. The Kier molecular flexibility index (Phi) is 8.60. The number of morpholine rings is 1. The fourth-order valence-electron chi connectivity index (χ4n) is 2.81. The number of hydrogen-bond donors (Lipinski definition) is 3. The molecule has 0 bridgehead atoms. The molecule has 0 spiro atoms. The summed E-state index contributed by atoms with van der Waals surface area (Å²) < 4.78 is 11.4. The molecular formula is C19H26N2O6. The van der Waals surface area contributed by atoms with Crippen molar-refractivity contribution in [2.24, 2.45) is 0 Å². The van der Waals surface area contributed by atoms with Crippen LogP contribution in [0.2, 0.25) is 0 Å². The number of rotatable bonds is 5. The van der Waals surface area contributed by atoms with E-state index in [1.165, 1.54) is 5.69 Å². The van der Waals surface area contributed by atoms with Gasteiger partial charge in [-0.3, -0.25) is 0 Å². The third-order valence-electron chi connectivity index (χ3n) is 4.17. The molecule has 0 aromatic heterocycles. The van der Waals surface area contributed by atoms with E-state index in [4.69, 9.17) is 19.7 Å². The fourth-order valence-corrected chi connectivity index (χ4v) is 2.81. The van der Waals surface area contributed by atoms with Gasteiger partial charge in [0.1, 0.15) is 11.9 Å².